The second-order valence-corrected chi connectivity index (χ2v) is 5.00. The molecular formula is C14H17BrO. The summed E-state index contributed by atoms with van der Waals surface area (Å²) in [5, 5.41) is 10.1. The first kappa shape index (κ1) is 13.2. The van der Waals surface area contributed by atoms with Crippen molar-refractivity contribution in [2.45, 2.75) is 20.0 Å². The van der Waals surface area contributed by atoms with Crippen molar-refractivity contribution in [3.8, 4) is 0 Å². The Morgan fingerprint density at radius 1 is 1.38 bits per heavy atom. The van der Waals surface area contributed by atoms with Crippen LogP contribution in [0, 0.1) is 5.92 Å². The lowest BCUT2D eigenvalue weighted by Crippen LogP contribution is -2.18. The van der Waals surface area contributed by atoms with Gasteiger partial charge in [-0.1, -0.05) is 65.8 Å². The molecule has 1 nitrogen and oxygen atoms in total. The molecule has 16 heavy (non-hydrogen) atoms. The maximum Gasteiger partial charge on any atom is 0.0821 e. The van der Waals surface area contributed by atoms with Gasteiger partial charge in [0.1, 0.15) is 0 Å². The molecule has 0 saturated heterocycles. The summed E-state index contributed by atoms with van der Waals surface area (Å²) in [4.78, 5) is 0. The maximum atomic E-state index is 10.1. The van der Waals surface area contributed by atoms with E-state index in [-0.39, 0.29) is 5.92 Å². The number of rotatable bonds is 4. The van der Waals surface area contributed by atoms with Crippen molar-refractivity contribution in [1.29, 1.82) is 0 Å². The van der Waals surface area contributed by atoms with Crippen molar-refractivity contribution >= 4 is 22.0 Å². The number of benzene rings is 1. The van der Waals surface area contributed by atoms with E-state index in [1.165, 1.54) is 0 Å². The zero-order valence-electron chi connectivity index (χ0n) is 9.65. The number of hydrogen-bond donors (Lipinski definition) is 1. The fourth-order valence-corrected chi connectivity index (χ4v) is 1.71. The molecular weight excluding hydrogens is 264 g/mol. The van der Waals surface area contributed by atoms with Gasteiger partial charge in [0.25, 0.3) is 0 Å². The number of aliphatic hydroxyl groups excluding tert-OH is 1. The third-order valence-corrected chi connectivity index (χ3v) is 3.35. The van der Waals surface area contributed by atoms with Crippen LogP contribution in [0.3, 0.4) is 0 Å². The van der Waals surface area contributed by atoms with Crippen molar-refractivity contribution < 1.29 is 5.11 Å². The number of halogens is 1. The normalized spacial score (nSPS) is 15.6. The average molecular weight is 281 g/mol. The van der Waals surface area contributed by atoms with E-state index in [4.69, 9.17) is 0 Å². The summed E-state index contributed by atoms with van der Waals surface area (Å²) >= 11 is 3.31. The van der Waals surface area contributed by atoms with E-state index in [1.54, 1.807) is 0 Å². The van der Waals surface area contributed by atoms with Crippen LogP contribution in [0.15, 0.2) is 47.0 Å². The van der Waals surface area contributed by atoms with Crippen molar-refractivity contribution in [2.24, 2.45) is 5.92 Å². The van der Waals surface area contributed by atoms with Crippen molar-refractivity contribution in [1.82, 2.24) is 0 Å². The lowest BCUT2D eigenvalue weighted by atomic mass is 9.97. The van der Waals surface area contributed by atoms with Crippen molar-refractivity contribution in [2.75, 3.05) is 0 Å². The number of hydrogen-bond acceptors (Lipinski definition) is 1. The lowest BCUT2D eigenvalue weighted by Gasteiger charge is -2.18. The van der Waals surface area contributed by atoms with Gasteiger partial charge in [0.2, 0.25) is 0 Å². The molecule has 2 heteroatoms. The summed E-state index contributed by atoms with van der Waals surface area (Å²) in [5.41, 5.74) is 2.05. The molecule has 0 aliphatic carbocycles. The molecule has 0 aliphatic heterocycles. The molecule has 1 rings (SSSR count). The van der Waals surface area contributed by atoms with Gasteiger partial charge in [-0.15, -0.1) is 0 Å². The molecule has 0 heterocycles. The molecule has 0 radical (unpaired) electrons. The van der Waals surface area contributed by atoms with E-state index in [1.807, 2.05) is 50.3 Å². The van der Waals surface area contributed by atoms with Crippen LogP contribution in [-0.4, -0.2) is 11.2 Å². The van der Waals surface area contributed by atoms with Crippen LogP contribution in [0.1, 0.15) is 19.4 Å². The first-order chi connectivity index (χ1) is 7.52. The van der Waals surface area contributed by atoms with Crippen LogP contribution in [0.2, 0.25) is 0 Å². The van der Waals surface area contributed by atoms with Crippen LogP contribution in [0.25, 0.3) is 6.08 Å². The highest BCUT2D eigenvalue weighted by Crippen LogP contribution is 2.24. The van der Waals surface area contributed by atoms with Gasteiger partial charge >= 0.3 is 0 Å². The van der Waals surface area contributed by atoms with E-state index in [0.717, 1.165) is 15.6 Å². The van der Waals surface area contributed by atoms with E-state index >= 15 is 0 Å². The Kier molecular flexibility index (Phi) is 4.97. The second kappa shape index (κ2) is 6.02. The Labute approximate surface area is 106 Å². The van der Waals surface area contributed by atoms with Gasteiger partial charge < -0.3 is 5.11 Å². The van der Waals surface area contributed by atoms with Crippen molar-refractivity contribution in [3.63, 3.8) is 0 Å². The maximum absolute atomic E-state index is 10.1. The fraction of sp³-hybridized carbons (Fsp3) is 0.286. The summed E-state index contributed by atoms with van der Waals surface area (Å²) in [6.45, 7) is 7.68. The summed E-state index contributed by atoms with van der Waals surface area (Å²) in [6.07, 6.45) is 1.50. The van der Waals surface area contributed by atoms with E-state index in [0.29, 0.717) is 0 Å². The van der Waals surface area contributed by atoms with Crippen LogP contribution < -0.4 is 0 Å². The first-order valence-electron chi connectivity index (χ1n) is 5.28. The van der Waals surface area contributed by atoms with Crippen LogP contribution in [-0.2, 0) is 0 Å². The molecule has 0 aromatic heterocycles. The monoisotopic (exact) mass is 280 g/mol. The summed E-state index contributed by atoms with van der Waals surface area (Å²) in [5.74, 6) is 0.0139. The third-order valence-electron chi connectivity index (χ3n) is 2.63. The molecule has 0 fully saturated rings. The predicted molar refractivity (Wildman–Crippen MR) is 73.3 cm³/mol. The highest BCUT2D eigenvalue weighted by molar-refractivity contribution is 9.11. The molecule has 1 N–H and O–H groups in total. The average Bonchev–Trinajstić information content (AvgIpc) is 2.28. The molecule has 0 amide bonds. The quantitative estimate of drug-likeness (QED) is 0.884. The Hall–Kier alpha value is -0.860. The molecule has 2 atom stereocenters. The smallest absolute Gasteiger partial charge is 0.0821 e. The molecule has 0 spiro atoms. The Balaban J connectivity index is 2.82. The second-order valence-electron chi connectivity index (χ2n) is 3.98. The van der Waals surface area contributed by atoms with Gasteiger partial charge in [0.15, 0.2) is 0 Å². The molecule has 0 aliphatic rings. The predicted octanol–water partition coefficient (Wildman–Crippen LogP) is 4.00. The Bertz CT molecular complexity index is 381. The van der Waals surface area contributed by atoms with Gasteiger partial charge in [-0.3, -0.25) is 0 Å². The number of aliphatic hydroxyl groups is 1. The topological polar surface area (TPSA) is 20.2 Å². The Morgan fingerprint density at radius 2 is 1.94 bits per heavy atom. The SMILES string of the molecule is C=C(Br)[C@H](C)[C@@H](O)/C(C)=C/c1ccccc1. The molecule has 1 aromatic rings. The summed E-state index contributed by atoms with van der Waals surface area (Å²) in [6, 6.07) is 9.98. The summed E-state index contributed by atoms with van der Waals surface area (Å²) in [7, 11) is 0. The minimum atomic E-state index is -0.493. The zero-order chi connectivity index (χ0) is 12.1. The molecule has 0 unspecified atom stereocenters. The van der Waals surface area contributed by atoms with E-state index in [2.05, 4.69) is 22.5 Å². The largest absolute Gasteiger partial charge is 0.388 e. The molecule has 0 bridgehead atoms. The molecule has 1 aromatic carbocycles. The van der Waals surface area contributed by atoms with Gasteiger partial charge in [0.05, 0.1) is 6.10 Å². The van der Waals surface area contributed by atoms with Crippen LogP contribution >= 0.6 is 15.9 Å². The first-order valence-corrected chi connectivity index (χ1v) is 6.07. The highest BCUT2D eigenvalue weighted by Gasteiger charge is 2.17. The van der Waals surface area contributed by atoms with Gasteiger partial charge in [-0.2, -0.15) is 0 Å². The van der Waals surface area contributed by atoms with Gasteiger partial charge in [-0.25, -0.2) is 0 Å². The third kappa shape index (κ3) is 3.62. The molecule has 0 saturated carbocycles. The van der Waals surface area contributed by atoms with Gasteiger partial charge in [0, 0.05) is 5.92 Å². The standard InChI is InChI=1S/C14H17BrO/c1-10(14(16)11(2)12(3)15)9-13-7-5-4-6-8-13/h4-9,11,14,16H,3H2,1-2H3/b10-9+/t11-,14-/m0/s1. The molecule has 86 valence electrons. The van der Waals surface area contributed by atoms with E-state index < -0.39 is 6.10 Å². The minimum Gasteiger partial charge on any atom is -0.388 e. The Morgan fingerprint density at radius 3 is 2.44 bits per heavy atom. The van der Waals surface area contributed by atoms with Crippen LogP contribution in [0.5, 0.6) is 0 Å². The van der Waals surface area contributed by atoms with Crippen molar-refractivity contribution in [3.05, 3.63) is 52.5 Å². The summed E-state index contributed by atoms with van der Waals surface area (Å²) < 4.78 is 0.820. The highest BCUT2D eigenvalue weighted by atomic mass is 79.9. The van der Waals surface area contributed by atoms with E-state index in [9.17, 15) is 5.11 Å². The zero-order valence-corrected chi connectivity index (χ0v) is 11.2. The lowest BCUT2D eigenvalue weighted by molar-refractivity contribution is 0.173. The minimum absolute atomic E-state index is 0.0139. The fourth-order valence-electron chi connectivity index (χ4n) is 1.46. The van der Waals surface area contributed by atoms with Crippen LogP contribution in [0.4, 0.5) is 0 Å². The van der Waals surface area contributed by atoms with Gasteiger partial charge in [-0.05, 0) is 22.5 Å².